The Morgan fingerprint density at radius 1 is 1.17 bits per heavy atom. The second-order valence-corrected chi connectivity index (χ2v) is 8.87. The minimum Gasteiger partial charge on any atom is -0.376 e. The van der Waals surface area contributed by atoms with Crippen molar-refractivity contribution in [3.8, 4) is 11.1 Å². The molecule has 0 aliphatic carbocycles. The van der Waals surface area contributed by atoms with Crippen LogP contribution in [-0.2, 0) is 4.74 Å². The first-order valence-corrected chi connectivity index (χ1v) is 10.6. The first kappa shape index (κ1) is 19.1. The van der Waals surface area contributed by atoms with Gasteiger partial charge >= 0.3 is 0 Å². The number of piperidine rings is 1. The van der Waals surface area contributed by atoms with Crippen LogP contribution < -0.4 is 10.6 Å². The predicted octanol–water partition coefficient (Wildman–Crippen LogP) is 4.04. The molecule has 2 atom stereocenters. The van der Waals surface area contributed by atoms with E-state index < -0.39 is 0 Å². The lowest BCUT2D eigenvalue weighted by atomic mass is 9.73. The number of halogens is 2. The molecule has 2 aliphatic rings. The Bertz CT molecular complexity index is 1060. The largest absolute Gasteiger partial charge is 0.376 e. The van der Waals surface area contributed by atoms with Crippen molar-refractivity contribution in [1.29, 1.82) is 0 Å². The van der Waals surface area contributed by atoms with E-state index in [1.165, 1.54) is 0 Å². The van der Waals surface area contributed by atoms with E-state index in [4.69, 9.17) is 38.7 Å². The quantitative estimate of drug-likeness (QED) is 0.662. The van der Waals surface area contributed by atoms with Gasteiger partial charge in [-0.25, -0.2) is 9.97 Å². The molecule has 8 heteroatoms. The zero-order valence-corrected chi connectivity index (χ0v) is 17.7. The maximum Gasteiger partial charge on any atom is 0.211 e. The van der Waals surface area contributed by atoms with Crippen LogP contribution in [-0.4, -0.2) is 46.2 Å². The fraction of sp³-hybridized carbons (Fsp3) is 0.429. The molecule has 1 aromatic carbocycles. The molecule has 4 heterocycles. The monoisotopic (exact) mass is 431 g/mol. The molecule has 5 rings (SSSR count). The Labute approximate surface area is 179 Å². The van der Waals surface area contributed by atoms with Gasteiger partial charge in [-0.3, -0.25) is 4.40 Å². The highest BCUT2D eigenvalue weighted by Gasteiger charge is 2.47. The highest BCUT2D eigenvalue weighted by Crippen LogP contribution is 2.42. The van der Waals surface area contributed by atoms with Crippen LogP contribution in [0, 0.1) is 5.41 Å². The van der Waals surface area contributed by atoms with E-state index in [1.807, 2.05) is 28.9 Å². The van der Waals surface area contributed by atoms with Crippen molar-refractivity contribution in [2.45, 2.75) is 31.9 Å². The minimum atomic E-state index is 0.0816. The summed E-state index contributed by atoms with van der Waals surface area (Å²) in [6.07, 6.45) is 7.69. The van der Waals surface area contributed by atoms with E-state index in [-0.39, 0.29) is 17.6 Å². The zero-order valence-electron chi connectivity index (χ0n) is 16.2. The van der Waals surface area contributed by atoms with Crippen LogP contribution in [0.25, 0.3) is 16.8 Å². The minimum absolute atomic E-state index is 0.0816. The summed E-state index contributed by atoms with van der Waals surface area (Å²) in [6, 6.07) is 5.69. The number of nitrogens with zero attached hydrogens (tertiary/aromatic N) is 4. The van der Waals surface area contributed by atoms with Gasteiger partial charge in [0.15, 0.2) is 0 Å². The van der Waals surface area contributed by atoms with Crippen LogP contribution in [0.1, 0.15) is 19.8 Å². The van der Waals surface area contributed by atoms with Gasteiger partial charge in [0.1, 0.15) is 5.65 Å². The standard InChI is InChI=1S/C21H23Cl2N5O/c1-13-18(24)21(12-29-13)5-8-27(9-6-21)20-26-11-15(19-25-7-10-28(19)20)14-3-2-4-16(22)17(14)23/h2-4,7,10-11,13,18H,5-6,8-9,12,24H2,1H3/t13-,18+/m0/s1. The van der Waals surface area contributed by atoms with Gasteiger partial charge in [0.05, 0.1) is 22.8 Å². The summed E-state index contributed by atoms with van der Waals surface area (Å²) < 4.78 is 7.87. The summed E-state index contributed by atoms with van der Waals surface area (Å²) in [7, 11) is 0. The van der Waals surface area contributed by atoms with Gasteiger partial charge in [-0.2, -0.15) is 0 Å². The smallest absolute Gasteiger partial charge is 0.211 e. The number of fused-ring (bicyclic) bond motifs is 1. The molecule has 2 N–H and O–H groups in total. The van der Waals surface area contributed by atoms with Crippen molar-refractivity contribution >= 4 is 34.8 Å². The Morgan fingerprint density at radius 2 is 1.97 bits per heavy atom. The third-order valence-electron chi connectivity index (χ3n) is 6.54. The summed E-state index contributed by atoms with van der Waals surface area (Å²) in [4.78, 5) is 11.7. The number of rotatable bonds is 2. The highest BCUT2D eigenvalue weighted by molar-refractivity contribution is 6.43. The van der Waals surface area contributed by atoms with E-state index in [1.54, 1.807) is 12.3 Å². The van der Waals surface area contributed by atoms with Crippen LogP contribution >= 0.6 is 23.2 Å². The number of aromatic nitrogens is 3. The lowest BCUT2D eigenvalue weighted by Crippen LogP contribution is -2.51. The molecule has 6 nitrogen and oxygen atoms in total. The topological polar surface area (TPSA) is 68.7 Å². The van der Waals surface area contributed by atoms with Crippen molar-refractivity contribution in [3.05, 3.63) is 46.8 Å². The van der Waals surface area contributed by atoms with Crippen molar-refractivity contribution in [3.63, 3.8) is 0 Å². The molecule has 152 valence electrons. The average molecular weight is 432 g/mol. The molecule has 2 saturated heterocycles. The Morgan fingerprint density at radius 3 is 2.69 bits per heavy atom. The lowest BCUT2D eigenvalue weighted by molar-refractivity contribution is 0.0973. The Balaban J connectivity index is 1.47. The molecule has 3 aromatic rings. The Kier molecular flexibility index (Phi) is 4.70. The number of nitrogens with two attached hydrogens (primary N) is 1. The third-order valence-corrected chi connectivity index (χ3v) is 7.36. The highest BCUT2D eigenvalue weighted by atomic mass is 35.5. The SMILES string of the molecule is C[C@@H]1OCC2(CCN(c3ncc(-c4cccc(Cl)c4Cl)c4nccn34)CC2)[C@@H]1N. The maximum atomic E-state index is 6.46. The number of benzene rings is 1. The fourth-order valence-electron chi connectivity index (χ4n) is 4.67. The van der Waals surface area contributed by atoms with Crippen molar-refractivity contribution in [2.75, 3.05) is 24.6 Å². The van der Waals surface area contributed by atoms with E-state index >= 15 is 0 Å². The molecule has 2 aromatic heterocycles. The van der Waals surface area contributed by atoms with Crippen molar-refractivity contribution < 1.29 is 4.74 Å². The average Bonchev–Trinajstić information content (AvgIpc) is 3.32. The van der Waals surface area contributed by atoms with E-state index in [9.17, 15) is 0 Å². The van der Waals surface area contributed by atoms with Crippen molar-refractivity contribution in [2.24, 2.45) is 11.1 Å². The predicted molar refractivity (Wildman–Crippen MR) is 116 cm³/mol. The van der Waals surface area contributed by atoms with Crippen LogP contribution in [0.4, 0.5) is 5.95 Å². The second-order valence-electron chi connectivity index (χ2n) is 8.09. The van der Waals surface area contributed by atoms with Crippen LogP contribution in [0.5, 0.6) is 0 Å². The third kappa shape index (κ3) is 3.01. The molecule has 29 heavy (non-hydrogen) atoms. The van der Waals surface area contributed by atoms with Crippen LogP contribution in [0.3, 0.4) is 0 Å². The van der Waals surface area contributed by atoms with Crippen LogP contribution in [0.15, 0.2) is 36.8 Å². The second kappa shape index (κ2) is 7.13. The summed E-state index contributed by atoms with van der Waals surface area (Å²) in [5, 5.41) is 1.03. The fourth-order valence-corrected chi connectivity index (χ4v) is 5.07. The first-order valence-electron chi connectivity index (χ1n) is 9.89. The normalized spacial score (nSPS) is 23.9. The van der Waals surface area contributed by atoms with Gasteiger partial charge < -0.3 is 15.4 Å². The molecule has 2 aliphatic heterocycles. The molecular weight excluding hydrogens is 409 g/mol. The molecule has 0 bridgehead atoms. The number of imidazole rings is 1. The summed E-state index contributed by atoms with van der Waals surface area (Å²) in [5.41, 5.74) is 9.04. The van der Waals surface area contributed by atoms with Crippen LogP contribution in [0.2, 0.25) is 10.0 Å². The number of anilines is 1. The zero-order chi connectivity index (χ0) is 20.2. The summed E-state index contributed by atoms with van der Waals surface area (Å²) >= 11 is 12.7. The number of hydrogen-bond donors (Lipinski definition) is 1. The van der Waals surface area contributed by atoms with E-state index in [0.717, 1.165) is 55.3 Å². The Hall–Kier alpha value is -1.86. The summed E-state index contributed by atoms with van der Waals surface area (Å²) in [5.74, 6) is 0.884. The van der Waals surface area contributed by atoms with Gasteiger partial charge in [0.25, 0.3) is 0 Å². The van der Waals surface area contributed by atoms with E-state index in [0.29, 0.717) is 10.0 Å². The molecule has 1 spiro atoms. The first-order chi connectivity index (χ1) is 14.0. The number of ether oxygens (including phenoxy) is 1. The lowest BCUT2D eigenvalue weighted by Gasteiger charge is -2.41. The van der Waals surface area contributed by atoms with Gasteiger partial charge in [-0.05, 0) is 25.8 Å². The van der Waals surface area contributed by atoms with Crippen molar-refractivity contribution in [1.82, 2.24) is 14.4 Å². The molecule has 0 unspecified atom stereocenters. The van der Waals surface area contributed by atoms with Gasteiger partial charge in [-0.1, -0.05) is 35.3 Å². The maximum absolute atomic E-state index is 6.46. The van der Waals surface area contributed by atoms with Gasteiger partial charge in [-0.15, -0.1) is 0 Å². The molecule has 0 amide bonds. The number of hydrogen-bond acceptors (Lipinski definition) is 5. The van der Waals surface area contributed by atoms with Gasteiger partial charge in [0, 0.05) is 54.3 Å². The molecule has 0 saturated carbocycles. The van der Waals surface area contributed by atoms with E-state index in [2.05, 4.69) is 16.8 Å². The van der Waals surface area contributed by atoms with Gasteiger partial charge in [0.2, 0.25) is 5.95 Å². The molecule has 2 fully saturated rings. The molecular formula is C21H23Cl2N5O. The molecule has 0 radical (unpaired) electrons. The summed E-state index contributed by atoms with van der Waals surface area (Å²) in [6.45, 7) is 4.61.